The van der Waals surface area contributed by atoms with Crippen molar-refractivity contribution in [1.82, 2.24) is 9.55 Å². The summed E-state index contributed by atoms with van der Waals surface area (Å²) in [6, 6.07) is 9.76. The maximum absolute atomic E-state index is 12.8. The Bertz CT molecular complexity index is 711. The lowest BCUT2D eigenvalue weighted by atomic mass is 10.2. The Balaban J connectivity index is 2.36. The second-order valence-corrected chi connectivity index (χ2v) is 5.38. The quantitative estimate of drug-likeness (QED) is 0.477. The molecule has 0 amide bonds. The van der Waals surface area contributed by atoms with E-state index in [2.05, 4.69) is 11.6 Å². The van der Waals surface area contributed by atoms with Crippen molar-refractivity contribution in [1.29, 1.82) is 0 Å². The number of aromatic nitrogens is 2. The van der Waals surface area contributed by atoms with Gasteiger partial charge in [0.1, 0.15) is 0 Å². The summed E-state index contributed by atoms with van der Waals surface area (Å²) in [6.45, 7) is 3.62. The number of hydrogen-bond donors (Lipinski definition) is 0. The molecule has 1 heterocycles. The molecule has 22 heavy (non-hydrogen) atoms. The smallest absolute Gasteiger partial charge is 0.284 e. The number of halogens is 3. The molecule has 0 unspecified atom stereocenters. The van der Waals surface area contributed by atoms with Crippen LogP contribution in [0.5, 0.6) is 0 Å². The maximum Gasteiger partial charge on any atom is 0.433 e. The van der Waals surface area contributed by atoms with Crippen molar-refractivity contribution in [2.75, 3.05) is 0 Å². The largest absolute Gasteiger partial charge is 0.433 e. The number of nitrogens with zero attached hydrogens (tertiary/aromatic N) is 2. The van der Waals surface area contributed by atoms with Gasteiger partial charge in [0.05, 0.1) is 0 Å². The molecule has 1 aromatic heterocycles. The zero-order chi connectivity index (χ0) is 16.2. The predicted octanol–water partition coefficient (Wildman–Crippen LogP) is 3.74. The number of thioether (sulfide) groups is 1. The highest BCUT2D eigenvalue weighted by atomic mass is 32.2. The summed E-state index contributed by atoms with van der Waals surface area (Å²) in [5.74, 6) is 0.422. The van der Waals surface area contributed by atoms with Gasteiger partial charge in [-0.3, -0.25) is 9.36 Å². The van der Waals surface area contributed by atoms with Crippen molar-refractivity contribution in [3.05, 3.63) is 70.7 Å². The molecular formula is C15H13F3N2OS. The van der Waals surface area contributed by atoms with Gasteiger partial charge in [-0.2, -0.15) is 13.2 Å². The topological polar surface area (TPSA) is 34.9 Å². The van der Waals surface area contributed by atoms with Crippen LogP contribution in [0.1, 0.15) is 11.3 Å². The van der Waals surface area contributed by atoms with Gasteiger partial charge in [-0.05, 0) is 5.56 Å². The third kappa shape index (κ3) is 4.00. The molecule has 0 aliphatic carbocycles. The lowest BCUT2D eigenvalue weighted by Crippen LogP contribution is -2.25. The normalized spacial score (nSPS) is 11.4. The van der Waals surface area contributed by atoms with E-state index in [0.29, 0.717) is 11.8 Å². The SMILES string of the molecule is C=CCn1c(SCc2ccccc2)nc(C(F)(F)F)cc1=O. The first-order chi connectivity index (χ1) is 10.4. The van der Waals surface area contributed by atoms with E-state index in [1.54, 1.807) is 0 Å². The summed E-state index contributed by atoms with van der Waals surface area (Å²) in [7, 11) is 0. The lowest BCUT2D eigenvalue weighted by Gasteiger charge is -2.13. The van der Waals surface area contributed by atoms with Gasteiger partial charge in [0.15, 0.2) is 10.9 Å². The van der Waals surface area contributed by atoms with Crippen LogP contribution < -0.4 is 5.56 Å². The first-order valence-corrected chi connectivity index (χ1v) is 7.37. The molecule has 0 spiro atoms. The summed E-state index contributed by atoms with van der Waals surface area (Å²) in [5.41, 5.74) is -0.976. The van der Waals surface area contributed by atoms with Crippen molar-refractivity contribution in [3.63, 3.8) is 0 Å². The van der Waals surface area contributed by atoms with Crippen molar-refractivity contribution < 1.29 is 13.2 Å². The van der Waals surface area contributed by atoms with E-state index in [0.717, 1.165) is 17.3 Å². The van der Waals surface area contributed by atoms with E-state index in [4.69, 9.17) is 0 Å². The van der Waals surface area contributed by atoms with Crippen LogP contribution in [-0.2, 0) is 18.5 Å². The van der Waals surface area contributed by atoms with Crippen LogP contribution >= 0.6 is 11.8 Å². The number of allylic oxidation sites excluding steroid dienone is 1. The molecule has 0 fully saturated rings. The Morgan fingerprint density at radius 3 is 2.55 bits per heavy atom. The van der Waals surface area contributed by atoms with Crippen LogP contribution in [0.4, 0.5) is 13.2 Å². The van der Waals surface area contributed by atoms with Gasteiger partial charge in [-0.15, -0.1) is 6.58 Å². The van der Waals surface area contributed by atoms with Crippen LogP contribution in [0.15, 0.2) is 59.0 Å². The fourth-order valence-electron chi connectivity index (χ4n) is 1.76. The second-order valence-electron chi connectivity index (χ2n) is 4.43. The Kier molecular flexibility index (Phi) is 5.07. The average molecular weight is 326 g/mol. The summed E-state index contributed by atoms with van der Waals surface area (Å²) >= 11 is 1.09. The van der Waals surface area contributed by atoms with Crippen molar-refractivity contribution in [2.45, 2.75) is 23.6 Å². The molecular weight excluding hydrogens is 313 g/mol. The molecule has 0 radical (unpaired) electrons. The molecule has 3 nitrogen and oxygen atoms in total. The highest BCUT2D eigenvalue weighted by molar-refractivity contribution is 7.98. The summed E-state index contributed by atoms with van der Waals surface area (Å²) < 4.78 is 39.5. The van der Waals surface area contributed by atoms with E-state index in [1.165, 1.54) is 10.6 Å². The van der Waals surface area contributed by atoms with Crippen molar-refractivity contribution in [2.24, 2.45) is 0 Å². The monoisotopic (exact) mass is 326 g/mol. The molecule has 0 saturated heterocycles. The molecule has 7 heteroatoms. The first kappa shape index (κ1) is 16.4. The molecule has 0 bridgehead atoms. The molecule has 0 atom stereocenters. The second kappa shape index (κ2) is 6.83. The molecule has 116 valence electrons. The molecule has 0 aliphatic heterocycles. The lowest BCUT2D eigenvalue weighted by molar-refractivity contribution is -0.141. The highest BCUT2D eigenvalue weighted by Gasteiger charge is 2.34. The zero-order valence-electron chi connectivity index (χ0n) is 11.5. The molecule has 2 aromatic rings. The summed E-state index contributed by atoms with van der Waals surface area (Å²) in [4.78, 5) is 15.5. The highest BCUT2D eigenvalue weighted by Crippen LogP contribution is 2.29. The molecule has 2 rings (SSSR count). The Morgan fingerprint density at radius 2 is 1.95 bits per heavy atom. The van der Waals surface area contributed by atoms with E-state index < -0.39 is 17.4 Å². The minimum atomic E-state index is -4.64. The van der Waals surface area contributed by atoms with Crippen LogP contribution in [0.3, 0.4) is 0 Å². The van der Waals surface area contributed by atoms with Crippen molar-refractivity contribution in [3.8, 4) is 0 Å². The third-order valence-electron chi connectivity index (χ3n) is 2.79. The maximum atomic E-state index is 12.8. The van der Waals surface area contributed by atoms with Gasteiger partial charge >= 0.3 is 6.18 Å². The molecule has 0 N–H and O–H groups in total. The van der Waals surface area contributed by atoms with Gasteiger partial charge in [-0.25, -0.2) is 4.98 Å². The number of rotatable bonds is 5. The summed E-state index contributed by atoms with van der Waals surface area (Å²) in [6.07, 6.45) is -3.20. The third-order valence-corrected chi connectivity index (χ3v) is 3.83. The van der Waals surface area contributed by atoms with E-state index in [-0.39, 0.29) is 11.7 Å². The van der Waals surface area contributed by atoms with Gasteiger partial charge < -0.3 is 0 Å². The predicted molar refractivity (Wildman–Crippen MR) is 79.7 cm³/mol. The van der Waals surface area contributed by atoms with Gasteiger partial charge in [-0.1, -0.05) is 48.2 Å². The minimum absolute atomic E-state index is 0.0311. The molecule has 1 aromatic carbocycles. The summed E-state index contributed by atoms with van der Waals surface area (Å²) in [5, 5.41) is 0.0311. The fraction of sp³-hybridized carbons (Fsp3) is 0.200. The number of benzene rings is 1. The van der Waals surface area contributed by atoms with Gasteiger partial charge in [0.25, 0.3) is 5.56 Å². The van der Waals surface area contributed by atoms with Crippen LogP contribution in [-0.4, -0.2) is 9.55 Å². The number of alkyl halides is 3. The Morgan fingerprint density at radius 1 is 1.27 bits per heavy atom. The van der Waals surface area contributed by atoms with Crippen LogP contribution in [0.25, 0.3) is 0 Å². The standard InChI is InChI=1S/C15H13F3N2OS/c1-2-8-20-13(21)9-12(15(16,17)18)19-14(20)22-10-11-6-4-3-5-7-11/h2-7,9H,1,8,10H2. The van der Waals surface area contributed by atoms with Gasteiger partial charge in [0, 0.05) is 18.4 Å². The number of hydrogen-bond acceptors (Lipinski definition) is 3. The van der Waals surface area contributed by atoms with Gasteiger partial charge in [0.2, 0.25) is 0 Å². The zero-order valence-corrected chi connectivity index (χ0v) is 12.3. The Labute approximate surface area is 129 Å². The van der Waals surface area contributed by atoms with Crippen molar-refractivity contribution >= 4 is 11.8 Å². The van der Waals surface area contributed by atoms with Crippen LogP contribution in [0.2, 0.25) is 0 Å². The Hall–Kier alpha value is -2.02. The molecule has 0 saturated carbocycles. The van der Waals surface area contributed by atoms with E-state index >= 15 is 0 Å². The fourth-order valence-corrected chi connectivity index (χ4v) is 2.73. The van der Waals surface area contributed by atoms with E-state index in [1.807, 2.05) is 30.3 Å². The average Bonchev–Trinajstić information content (AvgIpc) is 2.47. The van der Waals surface area contributed by atoms with Crippen LogP contribution in [0, 0.1) is 0 Å². The van der Waals surface area contributed by atoms with E-state index in [9.17, 15) is 18.0 Å². The molecule has 0 aliphatic rings. The first-order valence-electron chi connectivity index (χ1n) is 6.38. The minimum Gasteiger partial charge on any atom is -0.284 e.